The molecule has 0 radical (unpaired) electrons. The molecule has 5 aliphatic rings. The molecule has 4 aliphatic carbocycles. The maximum absolute atomic E-state index is 13.0. The third kappa shape index (κ3) is 4.04. The van der Waals surface area contributed by atoms with Crippen molar-refractivity contribution in [2.45, 2.75) is 81.5 Å². The summed E-state index contributed by atoms with van der Waals surface area (Å²) in [6, 6.07) is -0.0228. The van der Waals surface area contributed by atoms with Gasteiger partial charge < -0.3 is 16.0 Å². The van der Waals surface area contributed by atoms with Crippen LogP contribution in [-0.4, -0.2) is 35.8 Å². The number of hydrogen-bond acceptors (Lipinski definition) is 3. The minimum absolute atomic E-state index is 0.0137. The second-order valence-electron chi connectivity index (χ2n) is 9.38. The van der Waals surface area contributed by atoms with Gasteiger partial charge in [-0.05, 0) is 69.1 Å². The quantitative estimate of drug-likeness (QED) is 0.599. The highest BCUT2D eigenvalue weighted by Gasteiger charge is 2.51. The molecule has 5 nitrogen and oxygen atoms in total. The molecule has 0 spiro atoms. The Balaban J connectivity index is 1.37. The molecule has 1 heterocycles. The number of halogens is 1. The largest absolute Gasteiger partial charge is 0.355 e. The average molecular weight is 426 g/mol. The first-order valence-corrected chi connectivity index (χ1v) is 12.0. The van der Waals surface area contributed by atoms with Crippen LogP contribution in [-0.2, 0) is 4.79 Å². The minimum Gasteiger partial charge on any atom is -0.355 e. The molecule has 156 valence electrons. The number of hydrogen-bond donors (Lipinski definition) is 3. The van der Waals surface area contributed by atoms with Gasteiger partial charge in [0.2, 0.25) is 5.91 Å². The highest BCUT2D eigenvalue weighted by atomic mass is 35.5. The topological polar surface area (TPSA) is 70.2 Å². The first kappa shape index (κ1) is 20.4. The van der Waals surface area contributed by atoms with Gasteiger partial charge in [-0.2, -0.15) is 0 Å². The van der Waals surface area contributed by atoms with Crippen molar-refractivity contribution in [3.8, 4) is 0 Å². The van der Waals surface area contributed by atoms with E-state index in [2.05, 4.69) is 22.9 Å². The minimum atomic E-state index is -0.117. The Bertz CT molecular complexity index is 645. The standard InChI is InChI=1S/C21H32ClN3O2S/c1-3-4-16(17-8-15(18(22)28-17)19(26)23-2)24-20(27)25-21-9-12-5-13(10-21)7-14(6-12)11-21/h12-14,16-17H,3-11H2,1-2H3,(H,23,26)(H2,24,25,27)/t12?,13?,14?,16-,17?,21?/m1/s1. The SMILES string of the molecule is CCC[C@@H](NC(=O)NC12CC3CC(CC(C3)C1)C2)C1CC(C(=O)NC)=C(Cl)S1. The first-order valence-electron chi connectivity index (χ1n) is 10.8. The summed E-state index contributed by atoms with van der Waals surface area (Å²) in [6.07, 6.45) is 10.0. The summed E-state index contributed by atoms with van der Waals surface area (Å²) < 4.78 is 0.564. The monoisotopic (exact) mass is 425 g/mol. The van der Waals surface area contributed by atoms with Crippen molar-refractivity contribution >= 4 is 35.3 Å². The summed E-state index contributed by atoms with van der Waals surface area (Å²) in [7, 11) is 1.62. The molecule has 0 saturated heterocycles. The lowest BCUT2D eigenvalue weighted by atomic mass is 9.53. The zero-order valence-corrected chi connectivity index (χ0v) is 18.4. The molecule has 3 N–H and O–H groups in total. The zero-order valence-electron chi connectivity index (χ0n) is 16.9. The summed E-state index contributed by atoms with van der Waals surface area (Å²) in [6.45, 7) is 2.12. The van der Waals surface area contributed by atoms with Crippen LogP contribution < -0.4 is 16.0 Å². The number of thioether (sulfide) groups is 1. The molecule has 0 aromatic rings. The molecule has 0 aromatic carbocycles. The predicted molar refractivity (Wildman–Crippen MR) is 114 cm³/mol. The number of likely N-dealkylation sites (N-methyl/N-ethyl adjacent to an activating group) is 1. The number of amides is 3. The van der Waals surface area contributed by atoms with E-state index < -0.39 is 0 Å². The van der Waals surface area contributed by atoms with Gasteiger partial charge in [-0.15, -0.1) is 11.8 Å². The van der Waals surface area contributed by atoms with E-state index in [1.165, 1.54) is 31.0 Å². The number of carbonyl (C=O) groups is 2. The molecule has 1 unspecified atom stereocenters. The van der Waals surface area contributed by atoms with E-state index in [0.29, 0.717) is 16.4 Å². The maximum Gasteiger partial charge on any atom is 0.315 e. The molecule has 2 atom stereocenters. The number of nitrogens with one attached hydrogen (secondary N) is 3. The Kier molecular flexibility index (Phi) is 5.90. The van der Waals surface area contributed by atoms with Crippen molar-refractivity contribution in [3.05, 3.63) is 9.94 Å². The highest BCUT2D eigenvalue weighted by molar-refractivity contribution is 8.05. The Morgan fingerprint density at radius 2 is 1.79 bits per heavy atom. The molecule has 28 heavy (non-hydrogen) atoms. The third-order valence-corrected chi connectivity index (χ3v) is 8.93. The van der Waals surface area contributed by atoms with Crippen LogP contribution in [0.15, 0.2) is 9.94 Å². The van der Waals surface area contributed by atoms with E-state index in [9.17, 15) is 9.59 Å². The molecule has 0 aromatic heterocycles. The highest BCUT2D eigenvalue weighted by Crippen LogP contribution is 2.55. The fourth-order valence-electron chi connectivity index (χ4n) is 6.46. The summed E-state index contributed by atoms with van der Waals surface area (Å²) in [5.41, 5.74) is 0.658. The summed E-state index contributed by atoms with van der Waals surface area (Å²) in [5, 5.41) is 9.43. The average Bonchev–Trinajstić information content (AvgIpc) is 3.00. The molecule has 4 bridgehead atoms. The maximum atomic E-state index is 13.0. The molecule has 1 aliphatic heterocycles. The lowest BCUT2D eigenvalue weighted by Gasteiger charge is -2.56. The van der Waals surface area contributed by atoms with Crippen LogP contribution in [0.5, 0.6) is 0 Å². The van der Waals surface area contributed by atoms with Crippen molar-refractivity contribution in [2.75, 3.05) is 7.05 Å². The van der Waals surface area contributed by atoms with Gasteiger partial charge in [-0.1, -0.05) is 24.9 Å². The Morgan fingerprint density at radius 3 is 2.32 bits per heavy atom. The Labute approximate surface area is 177 Å². The van der Waals surface area contributed by atoms with E-state index >= 15 is 0 Å². The molecule has 4 fully saturated rings. The van der Waals surface area contributed by atoms with Crippen molar-refractivity contribution in [1.82, 2.24) is 16.0 Å². The summed E-state index contributed by atoms with van der Waals surface area (Å²) in [4.78, 5) is 25.0. The van der Waals surface area contributed by atoms with Gasteiger partial charge in [0.1, 0.15) is 0 Å². The zero-order chi connectivity index (χ0) is 19.9. The summed E-state index contributed by atoms with van der Waals surface area (Å²) >= 11 is 7.84. The predicted octanol–water partition coefficient (Wildman–Crippen LogP) is 4.13. The number of urea groups is 1. The van der Waals surface area contributed by atoms with Crippen molar-refractivity contribution in [2.24, 2.45) is 17.8 Å². The number of rotatable bonds is 6. The molecule has 5 rings (SSSR count). The van der Waals surface area contributed by atoms with Gasteiger partial charge in [0.15, 0.2) is 0 Å². The Morgan fingerprint density at radius 1 is 1.18 bits per heavy atom. The second kappa shape index (κ2) is 8.10. The van der Waals surface area contributed by atoms with Crippen molar-refractivity contribution < 1.29 is 9.59 Å². The lowest BCUT2D eigenvalue weighted by Crippen LogP contribution is -2.62. The van der Waals surface area contributed by atoms with Crippen LogP contribution in [0.4, 0.5) is 4.79 Å². The van der Waals surface area contributed by atoms with Gasteiger partial charge in [0.25, 0.3) is 0 Å². The second-order valence-corrected chi connectivity index (χ2v) is 11.2. The van der Waals surface area contributed by atoms with E-state index in [1.54, 1.807) is 7.05 Å². The van der Waals surface area contributed by atoms with Gasteiger partial charge >= 0.3 is 6.03 Å². The van der Waals surface area contributed by atoms with Gasteiger partial charge in [-0.25, -0.2) is 4.79 Å². The van der Waals surface area contributed by atoms with Crippen LogP contribution >= 0.6 is 23.4 Å². The van der Waals surface area contributed by atoms with Crippen LogP contribution in [0.2, 0.25) is 0 Å². The number of carbonyl (C=O) groups excluding carboxylic acids is 2. The van der Waals surface area contributed by atoms with E-state index in [0.717, 1.165) is 49.9 Å². The fourth-order valence-corrected chi connectivity index (χ4v) is 8.16. The third-order valence-electron chi connectivity index (χ3n) is 7.18. The fraction of sp³-hybridized carbons (Fsp3) is 0.810. The van der Waals surface area contributed by atoms with E-state index in [-0.39, 0.29) is 28.8 Å². The van der Waals surface area contributed by atoms with Crippen LogP contribution in [0.1, 0.15) is 64.7 Å². The first-order chi connectivity index (χ1) is 13.4. The molecule has 4 saturated carbocycles. The van der Waals surface area contributed by atoms with Crippen LogP contribution in [0.3, 0.4) is 0 Å². The molecular weight excluding hydrogens is 394 g/mol. The lowest BCUT2D eigenvalue weighted by molar-refractivity contribution is -0.117. The molecule has 3 amide bonds. The van der Waals surface area contributed by atoms with Crippen molar-refractivity contribution in [3.63, 3.8) is 0 Å². The van der Waals surface area contributed by atoms with Gasteiger partial charge in [-0.3, -0.25) is 4.79 Å². The smallest absolute Gasteiger partial charge is 0.315 e. The van der Waals surface area contributed by atoms with Crippen LogP contribution in [0.25, 0.3) is 0 Å². The summed E-state index contributed by atoms with van der Waals surface area (Å²) in [5.74, 6) is 2.30. The molecule has 7 heteroatoms. The van der Waals surface area contributed by atoms with Gasteiger partial charge in [0, 0.05) is 29.5 Å². The van der Waals surface area contributed by atoms with E-state index in [1.807, 2.05) is 0 Å². The van der Waals surface area contributed by atoms with E-state index in [4.69, 9.17) is 11.6 Å². The van der Waals surface area contributed by atoms with Crippen LogP contribution in [0, 0.1) is 17.8 Å². The van der Waals surface area contributed by atoms with Gasteiger partial charge in [0.05, 0.1) is 4.36 Å². The Hall–Kier alpha value is -0.880. The molecular formula is C21H32ClN3O2S. The normalized spacial score (nSPS) is 37.1. The van der Waals surface area contributed by atoms with Crippen molar-refractivity contribution in [1.29, 1.82) is 0 Å².